The van der Waals surface area contributed by atoms with Crippen molar-refractivity contribution in [3.63, 3.8) is 0 Å². The molecule has 0 saturated carbocycles. The van der Waals surface area contributed by atoms with Crippen LogP contribution < -0.4 is 47.4 Å². The molecule has 20 rings (SSSR count). The molecule has 0 atom stereocenters. The van der Waals surface area contributed by atoms with Gasteiger partial charge in [0.2, 0.25) is 0 Å². The van der Waals surface area contributed by atoms with E-state index >= 15 is 0 Å². The second-order valence-electron chi connectivity index (χ2n) is 33.0. The van der Waals surface area contributed by atoms with Crippen LogP contribution in [0.1, 0.15) is 114 Å². The fourth-order valence-electron chi connectivity index (χ4n) is 15.2. The second-order valence-corrected chi connectivity index (χ2v) is 33.0. The lowest BCUT2D eigenvalue weighted by molar-refractivity contribution is 0.0695. The fourth-order valence-corrected chi connectivity index (χ4v) is 15.2. The number of nitrogens with zero attached hydrogens (tertiary/aromatic N) is 13. The van der Waals surface area contributed by atoms with Gasteiger partial charge in [0, 0.05) is 167 Å². The Morgan fingerprint density at radius 3 is 0.796 bits per heavy atom. The van der Waals surface area contributed by atoms with E-state index in [1.165, 1.54) is 47.4 Å². The number of rotatable bonds is 27. The molecule has 0 unspecified atom stereocenters. The van der Waals surface area contributed by atoms with Gasteiger partial charge >= 0.3 is 5.97 Å². The Morgan fingerprint density at radius 1 is 0.268 bits per heavy atom. The molecule has 0 radical (unpaired) electrons. The lowest BCUT2D eigenvalue weighted by atomic mass is 10.1. The number of halogens is 1. The zero-order chi connectivity index (χ0) is 98.1. The third-order valence-corrected chi connectivity index (χ3v) is 22.7. The van der Waals surface area contributed by atoms with Crippen molar-refractivity contribution in [2.75, 3.05) is 61.5 Å². The smallest absolute Gasteiger partial charge is 0.335 e. The number of aromatic carboxylic acids is 1. The van der Waals surface area contributed by atoms with E-state index in [1.807, 2.05) is 202 Å². The van der Waals surface area contributed by atoms with Crippen molar-refractivity contribution in [2.24, 2.45) is 0 Å². The number of hydrogen-bond donors (Lipinski definition) is 9. The Kier molecular flexibility index (Phi) is 30.1. The van der Waals surface area contributed by atoms with Gasteiger partial charge in [-0.05, 0) is 320 Å². The first-order valence-corrected chi connectivity index (χ1v) is 45.0. The van der Waals surface area contributed by atoms with E-state index in [2.05, 4.69) is 113 Å². The van der Waals surface area contributed by atoms with E-state index < -0.39 is 5.97 Å². The summed E-state index contributed by atoms with van der Waals surface area (Å²) >= 11 is 0. The van der Waals surface area contributed by atoms with Crippen LogP contribution in [0.4, 0.5) is 78.3 Å². The van der Waals surface area contributed by atoms with Gasteiger partial charge in [-0.1, -0.05) is 48.5 Å². The number of nitrogens with one attached hydrogen (secondary N) is 8. The summed E-state index contributed by atoms with van der Waals surface area (Å²) in [5.74, 6) is -2.51. The molecule has 9 N–H and O–H groups in total. The summed E-state index contributed by atoms with van der Waals surface area (Å²) in [4.78, 5) is 127. The monoisotopic (exact) mass is 1870 g/mol. The molecule has 28 nitrogen and oxygen atoms in total. The van der Waals surface area contributed by atoms with Crippen molar-refractivity contribution in [3.05, 3.63) is 475 Å². The van der Waals surface area contributed by atoms with Crippen LogP contribution in [0.15, 0.2) is 390 Å². The molecular weight excluding hydrogens is 1780 g/mol. The number of anilines is 13. The van der Waals surface area contributed by atoms with Crippen molar-refractivity contribution >= 4 is 153 Å². The standard InChI is InChI=1S/C29H26N6O.C29H23N5O2.C28H21N5O3.C27H20FN5O/c1-35(2)24-8-10-26-25(18-24)27(13-16-31-26)33-23-7-9-28(32-19-23)29(36)34-22-5-3-20(4-6-22)17-21-11-14-30-15-12-21;1-19(35)22-4-8-26-25(17-22)27(12-15-31-26)33-24-7-9-28(32-18-24)29(36)34-23-5-2-20(3-6-23)16-21-10-13-30-14-11-21;34-27(33-21-4-1-18(2-5-21)15-19-9-12-29-13-10-19)26-8-6-22(17-31-26)32-25-11-14-30-24-7-3-20(28(35)36)16-23(24)25;28-20-3-7-24-23(16-20)25(11-14-30-24)32-22-6-8-26(31-17-22)27(34)33-21-4-1-18(2-5-21)15-19-9-12-29-13-10-19/h3-16,18-19H,17H2,1-2H3,(H,31,33)(H,34,36);2-15,17-18H,16H2,1H3,(H,31,33)(H,34,36);1-14,16-17H,15H2,(H,30,32)(H,33,34)(H,35,36);1-14,16-17H,15H2,(H,30,32)(H,33,34). The second kappa shape index (κ2) is 45.3. The van der Waals surface area contributed by atoms with Crippen molar-refractivity contribution in [2.45, 2.75) is 32.6 Å². The Labute approximate surface area is 814 Å². The minimum absolute atomic E-state index is 0.00730. The molecule has 142 heavy (non-hydrogen) atoms. The van der Waals surface area contributed by atoms with Gasteiger partial charge in [-0.2, -0.15) is 0 Å². The van der Waals surface area contributed by atoms with Gasteiger partial charge in [-0.3, -0.25) is 63.8 Å². The van der Waals surface area contributed by atoms with Crippen LogP contribution in [0.5, 0.6) is 0 Å². The van der Waals surface area contributed by atoms with Crippen LogP contribution in [-0.2, 0) is 25.7 Å². The van der Waals surface area contributed by atoms with E-state index in [9.17, 15) is 38.3 Å². The number of aromatic nitrogens is 12. The first kappa shape index (κ1) is 94.3. The highest BCUT2D eigenvalue weighted by molar-refractivity contribution is 6.07. The minimum Gasteiger partial charge on any atom is -0.478 e. The normalized spacial score (nSPS) is 10.7. The Hall–Kier alpha value is -19.5. The summed E-state index contributed by atoms with van der Waals surface area (Å²) in [5, 5.41) is 37.1. The van der Waals surface area contributed by atoms with Crippen LogP contribution >= 0.6 is 0 Å². The Bertz CT molecular complexity index is 7620. The molecule has 0 bridgehead atoms. The number of hydrogen-bond acceptors (Lipinski definition) is 23. The number of fused-ring (bicyclic) bond motifs is 4. The number of carboxylic acid groups (broad SMARTS) is 1. The quantitative estimate of drug-likeness (QED) is 0.0216. The first-order valence-electron chi connectivity index (χ1n) is 45.0. The summed E-state index contributed by atoms with van der Waals surface area (Å²) in [6.07, 6.45) is 30.6. The zero-order valence-electron chi connectivity index (χ0n) is 76.9. The molecule has 29 heteroatoms. The number of pyridine rings is 12. The molecule has 0 fully saturated rings. The lowest BCUT2D eigenvalue weighted by Crippen LogP contribution is -2.13. The van der Waals surface area contributed by atoms with E-state index in [0.29, 0.717) is 84.3 Å². The zero-order valence-corrected chi connectivity index (χ0v) is 76.9. The third kappa shape index (κ3) is 25.4. The maximum absolute atomic E-state index is 13.7. The molecule has 8 aromatic carbocycles. The van der Waals surface area contributed by atoms with E-state index in [1.54, 1.807) is 178 Å². The SMILES string of the molecule is CC(=O)c1ccc2nccc(Nc3ccc(C(=O)Nc4ccc(Cc5ccncc5)cc4)nc3)c2c1.CN(C)c1ccc2nccc(Nc3ccc(C(=O)Nc4ccc(Cc5ccncc5)cc4)nc3)c2c1.O=C(Nc1ccc(Cc2ccncc2)cc1)c1ccc(Nc2ccnc3ccc(F)cc23)cn1.O=C(O)c1ccc2nccc(Nc3ccc(C(=O)Nc4ccc(Cc5ccncc5)cc4)nc3)c2c1. The van der Waals surface area contributed by atoms with Crippen LogP contribution in [0.25, 0.3) is 43.6 Å². The molecular formula is C113H90FN21O7. The summed E-state index contributed by atoms with van der Waals surface area (Å²) in [6, 6.07) is 88.7. The predicted molar refractivity (Wildman–Crippen MR) is 554 cm³/mol. The van der Waals surface area contributed by atoms with Gasteiger partial charge in [0.15, 0.2) is 5.78 Å². The number of amides is 4. The maximum atomic E-state index is 13.7. The summed E-state index contributed by atoms with van der Waals surface area (Å²) in [7, 11) is 4.02. The van der Waals surface area contributed by atoms with Gasteiger partial charge in [0.25, 0.3) is 23.6 Å². The molecule has 0 aliphatic rings. The first-order chi connectivity index (χ1) is 69.3. The van der Waals surface area contributed by atoms with E-state index in [0.717, 1.165) is 98.2 Å². The third-order valence-electron chi connectivity index (χ3n) is 22.7. The fraction of sp³-hybridized carbons (Fsp3) is 0.0619. The van der Waals surface area contributed by atoms with Crippen molar-refractivity contribution < 1.29 is 38.3 Å². The number of carbonyl (C=O) groups is 6. The van der Waals surface area contributed by atoms with Gasteiger partial charge in [0.05, 0.1) is 75.2 Å². The van der Waals surface area contributed by atoms with Gasteiger partial charge < -0.3 is 52.5 Å². The van der Waals surface area contributed by atoms with E-state index in [-0.39, 0.29) is 52.2 Å². The van der Waals surface area contributed by atoms with Crippen molar-refractivity contribution in [1.82, 2.24) is 59.8 Å². The summed E-state index contributed by atoms with van der Waals surface area (Å²) in [6.45, 7) is 1.54. The molecule has 0 spiro atoms. The minimum atomic E-state index is -1.01. The number of carbonyl (C=O) groups excluding carboxylic acids is 5. The average molecular weight is 1870 g/mol. The largest absolute Gasteiger partial charge is 0.478 e. The number of ketones is 1. The van der Waals surface area contributed by atoms with Gasteiger partial charge in [-0.25, -0.2) is 29.1 Å². The van der Waals surface area contributed by atoms with Gasteiger partial charge in [-0.15, -0.1) is 0 Å². The number of carboxylic acids is 1. The summed E-state index contributed by atoms with van der Waals surface area (Å²) in [5.41, 5.74) is 24.2. The lowest BCUT2D eigenvalue weighted by Gasteiger charge is -2.15. The van der Waals surface area contributed by atoms with Gasteiger partial charge in [0.1, 0.15) is 28.6 Å². The van der Waals surface area contributed by atoms with Crippen LogP contribution in [0.3, 0.4) is 0 Å². The molecule has 4 amide bonds. The van der Waals surface area contributed by atoms with Crippen molar-refractivity contribution in [3.8, 4) is 0 Å². The molecule has 12 aromatic heterocycles. The molecule has 696 valence electrons. The maximum Gasteiger partial charge on any atom is 0.335 e. The van der Waals surface area contributed by atoms with Crippen LogP contribution in [0, 0.1) is 5.82 Å². The highest BCUT2D eigenvalue weighted by Crippen LogP contribution is 2.34. The number of Topliss-reactive ketones (excluding diaryl/α,β-unsaturated/α-hetero) is 1. The Balaban J connectivity index is 0.000000130. The Morgan fingerprint density at radius 2 is 0.521 bits per heavy atom. The van der Waals surface area contributed by atoms with Crippen molar-refractivity contribution in [1.29, 1.82) is 0 Å². The topological polar surface area (TPSA) is 377 Å². The molecule has 12 heterocycles. The molecule has 0 saturated heterocycles. The van der Waals surface area contributed by atoms with E-state index in [4.69, 9.17) is 0 Å². The molecule has 20 aromatic rings. The van der Waals surface area contributed by atoms with Crippen LogP contribution in [0.2, 0.25) is 0 Å². The summed E-state index contributed by atoms with van der Waals surface area (Å²) < 4.78 is 13.7. The molecule has 0 aliphatic carbocycles. The molecule has 0 aliphatic heterocycles. The average Bonchev–Trinajstić information content (AvgIpc) is 0.810. The highest BCUT2D eigenvalue weighted by atomic mass is 19.1. The predicted octanol–water partition coefficient (Wildman–Crippen LogP) is 22.6. The highest BCUT2D eigenvalue weighted by Gasteiger charge is 2.18. The van der Waals surface area contributed by atoms with Crippen LogP contribution in [-0.4, -0.2) is 114 Å². The number of benzene rings is 8.